The van der Waals surface area contributed by atoms with Gasteiger partial charge in [-0.1, -0.05) is 6.07 Å². The highest BCUT2D eigenvalue weighted by molar-refractivity contribution is 7.09. The molecule has 0 unspecified atom stereocenters. The van der Waals surface area contributed by atoms with Crippen molar-refractivity contribution in [1.29, 1.82) is 0 Å². The van der Waals surface area contributed by atoms with E-state index in [0.717, 1.165) is 18.7 Å². The summed E-state index contributed by atoms with van der Waals surface area (Å²) in [7, 11) is 2.02. The lowest BCUT2D eigenvalue weighted by Gasteiger charge is -2.21. The van der Waals surface area contributed by atoms with E-state index in [-0.39, 0.29) is 5.91 Å². The Morgan fingerprint density at radius 2 is 2.19 bits per heavy atom. The molecule has 0 aliphatic rings. The maximum Gasteiger partial charge on any atom is 0.251 e. The molecule has 1 heterocycles. The average molecular weight is 303 g/mol. The molecule has 0 aliphatic heterocycles. The fraction of sp³-hybridized carbons (Fsp3) is 0.312. The third kappa shape index (κ3) is 3.98. The minimum Gasteiger partial charge on any atom is -0.397 e. The second-order valence-corrected chi connectivity index (χ2v) is 5.92. The summed E-state index contributed by atoms with van der Waals surface area (Å²) in [6.07, 6.45) is 0.992. The van der Waals surface area contributed by atoms with Crippen LogP contribution < -0.4 is 16.0 Å². The van der Waals surface area contributed by atoms with Crippen LogP contribution in [0.15, 0.2) is 35.7 Å². The minimum atomic E-state index is -0.0861. The molecule has 1 aromatic carbocycles. The number of hydrogen-bond acceptors (Lipinski definition) is 4. The van der Waals surface area contributed by atoms with E-state index in [1.54, 1.807) is 17.4 Å². The molecule has 1 amide bonds. The van der Waals surface area contributed by atoms with Gasteiger partial charge in [0, 0.05) is 30.6 Å². The largest absolute Gasteiger partial charge is 0.397 e. The average Bonchev–Trinajstić information content (AvgIpc) is 2.98. The second-order valence-electron chi connectivity index (χ2n) is 4.88. The third-order valence-electron chi connectivity index (χ3n) is 3.31. The standard InChI is InChI=1S/C16H21N3OS/c1-3-18-16(20)12-6-7-15(14(17)11-12)19(2)9-8-13-5-4-10-21-13/h4-7,10-11H,3,8-9,17H2,1-2H3,(H,18,20). The van der Waals surface area contributed by atoms with Crippen LogP contribution in [0.2, 0.25) is 0 Å². The zero-order valence-electron chi connectivity index (χ0n) is 12.4. The van der Waals surface area contributed by atoms with E-state index in [9.17, 15) is 4.79 Å². The Kier molecular flexibility index (Phi) is 5.22. The first-order valence-electron chi connectivity index (χ1n) is 7.03. The van der Waals surface area contributed by atoms with Crippen molar-refractivity contribution in [1.82, 2.24) is 5.32 Å². The van der Waals surface area contributed by atoms with Crippen LogP contribution in [0.4, 0.5) is 11.4 Å². The topological polar surface area (TPSA) is 58.4 Å². The number of amides is 1. The molecule has 2 aromatic rings. The zero-order valence-corrected chi connectivity index (χ0v) is 13.2. The minimum absolute atomic E-state index is 0.0861. The predicted molar refractivity (Wildman–Crippen MR) is 90.2 cm³/mol. The highest BCUT2D eigenvalue weighted by Crippen LogP contribution is 2.24. The van der Waals surface area contributed by atoms with Crippen LogP contribution >= 0.6 is 11.3 Å². The van der Waals surface area contributed by atoms with Crippen molar-refractivity contribution in [2.45, 2.75) is 13.3 Å². The Bertz CT molecular complexity index is 596. The summed E-state index contributed by atoms with van der Waals surface area (Å²) in [5.74, 6) is -0.0861. The summed E-state index contributed by atoms with van der Waals surface area (Å²) in [6, 6.07) is 9.67. The van der Waals surface area contributed by atoms with Gasteiger partial charge >= 0.3 is 0 Å². The quantitative estimate of drug-likeness (QED) is 0.807. The number of nitrogen functional groups attached to an aromatic ring is 1. The number of nitrogens with one attached hydrogen (secondary N) is 1. The summed E-state index contributed by atoms with van der Waals surface area (Å²) in [5, 5.41) is 4.86. The number of nitrogens with two attached hydrogens (primary N) is 1. The molecule has 0 bridgehead atoms. The van der Waals surface area contributed by atoms with E-state index in [1.807, 2.05) is 26.1 Å². The lowest BCUT2D eigenvalue weighted by atomic mass is 10.1. The van der Waals surface area contributed by atoms with E-state index in [4.69, 9.17) is 5.73 Å². The predicted octanol–water partition coefficient (Wildman–Crippen LogP) is 2.76. The number of carbonyl (C=O) groups excluding carboxylic acids is 1. The second kappa shape index (κ2) is 7.13. The van der Waals surface area contributed by atoms with E-state index in [2.05, 4.69) is 27.7 Å². The van der Waals surface area contributed by atoms with Gasteiger partial charge in [-0.3, -0.25) is 4.79 Å². The summed E-state index contributed by atoms with van der Waals surface area (Å²) in [6.45, 7) is 3.40. The number of nitrogens with zero attached hydrogens (tertiary/aromatic N) is 1. The van der Waals surface area contributed by atoms with Gasteiger partial charge in [0.15, 0.2) is 0 Å². The molecule has 0 atom stereocenters. The van der Waals surface area contributed by atoms with Gasteiger partial charge < -0.3 is 16.0 Å². The monoisotopic (exact) mass is 303 g/mol. The molecular formula is C16H21N3OS. The first-order valence-corrected chi connectivity index (χ1v) is 7.91. The molecule has 0 radical (unpaired) electrons. The molecule has 112 valence electrons. The Hall–Kier alpha value is -2.01. The zero-order chi connectivity index (χ0) is 15.2. The van der Waals surface area contributed by atoms with Crippen LogP contribution in [0.25, 0.3) is 0 Å². The number of hydrogen-bond donors (Lipinski definition) is 2. The van der Waals surface area contributed by atoms with Gasteiger partial charge in [0.1, 0.15) is 0 Å². The third-order valence-corrected chi connectivity index (χ3v) is 4.25. The molecule has 0 aliphatic carbocycles. The van der Waals surface area contributed by atoms with E-state index in [0.29, 0.717) is 17.8 Å². The van der Waals surface area contributed by atoms with Gasteiger partial charge in [0.2, 0.25) is 0 Å². The maximum atomic E-state index is 11.8. The summed E-state index contributed by atoms with van der Waals surface area (Å²) in [4.78, 5) is 15.3. The van der Waals surface area contributed by atoms with E-state index >= 15 is 0 Å². The number of rotatable bonds is 6. The SMILES string of the molecule is CCNC(=O)c1ccc(N(C)CCc2cccs2)c(N)c1. The number of thiophene rings is 1. The molecule has 2 rings (SSSR count). The highest BCUT2D eigenvalue weighted by atomic mass is 32.1. The molecule has 21 heavy (non-hydrogen) atoms. The molecule has 0 fully saturated rings. The Morgan fingerprint density at radius 1 is 1.38 bits per heavy atom. The summed E-state index contributed by atoms with van der Waals surface area (Å²) < 4.78 is 0. The molecule has 5 heteroatoms. The molecule has 4 nitrogen and oxygen atoms in total. The fourth-order valence-corrected chi connectivity index (χ4v) is 2.86. The van der Waals surface area contributed by atoms with E-state index in [1.165, 1.54) is 4.88 Å². The van der Waals surface area contributed by atoms with Crippen LogP contribution in [0.5, 0.6) is 0 Å². The molecule has 1 aromatic heterocycles. The van der Waals surface area contributed by atoms with Gasteiger partial charge in [0.05, 0.1) is 11.4 Å². The molecular weight excluding hydrogens is 282 g/mol. The van der Waals surface area contributed by atoms with Gasteiger partial charge in [-0.15, -0.1) is 11.3 Å². The van der Waals surface area contributed by atoms with Gasteiger partial charge in [-0.2, -0.15) is 0 Å². The van der Waals surface area contributed by atoms with Gasteiger partial charge in [-0.05, 0) is 43.0 Å². The highest BCUT2D eigenvalue weighted by Gasteiger charge is 2.10. The number of benzene rings is 1. The van der Waals surface area contributed by atoms with E-state index < -0.39 is 0 Å². The molecule has 0 saturated heterocycles. The first-order chi connectivity index (χ1) is 10.1. The lowest BCUT2D eigenvalue weighted by molar-refractivity contribution is 0.0956. The first kappa shape index (κ1) is 15.4. The van der Waals surface area contributed by atoms with Crippen LogP contribution in [-0.2, 0) is 6.42 Å². The van der Waals surface area contributed by atoms with Crippen molar-refractivity contribution in [3.05, 3.63) is 46.2 Å². The Morgan fingerprint density at radius 3 is 2.81 bits per heavy atom. The molecule has 3 N–H and O–H groups in total. The van der Waals surface area contributed by atoms with Gasteiger partial charge in [0.25, 0.3) is 5.91 Å². The van der Waals surface area contributed by atoms with Gasteiger partial charge in [-0.25, -0.2) is 0 Å². The van der Waals surface area contributed by atoms with Crippen LogP contribution in [0, 0.1) is 0 Å². The number of anilines is 2. The Balaban J connectivity index is 2.04. The van der Waals surface area contributed by atoms with Crippen LogP contribution in [-0.4, -0.2) is 26.0 Å². The normalized spacial score (nSPS) is 10.4. The number of carbonyl (C=O) groups is 1. The molecule has 0 spiro atoms. The smallest absolute Gasteiger partial charge is 0.251 e. The van der Waals surface area contributed by atoms with Crippen molar-refractivity contribution in [2.75, 3.05) is 30.8 Å². The maximum absolute atomic E-state index is 11.8. The number of likely N-dealkylation sites (N-methyl/N-ethyl adjacent to an activating group) is 1. The van der Waals surface area contributed by atoms with Crippen molar-refractivity contribution in [3.8, 4) is 0 Å². The van der Waals surface area contributed by atoms with Crippen molar-refractivity contribution >= 4 is 28.6 Å². The Labute approximate surface area is 129 Å². The summed E-state index contributed by atoms with van der Waals surface area (Å²) >= 11 is 1.77. The summed E-state index contributed by atoms with van der Waals surface area (Å²) in [5.41, 5.74) is 8.28. The fourth-order valence-electron chi connectivity index (χ4n) is 2.16. The van der Waals surface area contributed by atoms with Crippen LogP contribution in [0.1, 0.15) is 22.2 Å². The lowest BCUT2D eigenvalue weighted by Crippen LogP contribution is -2.24. The van der Waals surface area contributed by atoms with Crippen molar-refractivity contribution in [3.63, 3.8) is 0 Å². The van der Waals surface area contributed by atoms with Crippen molar-refractivity contribution in [2.24, 2.45) is 0 Å². The molecule has 0 saturated carbocycles. The van der Waals surface area contributed by atoms with Crippen molar-refractivity contribution < 1.29 is 4.79 Å². The van der Waals surface area contributed by atoms with Crippen LogP contribution in [0.3, 0.4) is 0 Å².